The van der Waals surface area contributed by atoms with E-state index < -0.39 is 11.8 Å². The predicted molar refractivity (Wildman–Crippen MR) is 123 cm³/mol. The standard InChI is InChI=1S/C25H23F3N2O2S/c26-25(27,28)24(31,23-29-20-8-4-5-9-21(20)33-23)19-11-10-18(16-17-6-2-1-3-7-17)22(19)30-12-14-32-15-13-30/h1-9,16,31H,10-15H2. The first-order chi connectivity index (χ1) is 15.9. The number of morpholine rings is 1. The Labute approximate surface area is 193 Å². The van der Waals surface area contributed by atoms with Gasteiger partial charge in [-0.3, -0.25) is 0 Å². The van der Waals surface area contributed by atoms with Crippen LogP contribution in [0.3, 0.4) is 0 Å². The largest absolute Gasteiger partial charge is 0.427 e. The molecule has 0 radical (unpaired) electrons. The summed E-state index contributed by atoms with van der Waals surface area (Å²) in [5.74, 6) is 0. The van der Waals surface area contributed by atoms with Gasteiger partial charge in [-0.1, -0.05) is 42.5 Å². The van der Waals surface area contributed by atoms with Crippen LogP contribution in [0, 0.1) is 0 Å². The molecule has 5 rings (SSSR count). The van der Waals surface area contributed by atoms with Crippen molar-refractivity contribution >= 4 is 27.6 Å². The lowest BCUT2D eigenvalue weighted by atomic mass is 9.91. The number of ether oxygens (including phenoxy) is 1. The molecule has 2 aliphatic rings. The Morgan fingerprint density at radius 1 is 0.970 bits per heavy atom. The highest BCUT2D eigenvalue weighted by atomic mass is 32.1. The maximum absolute atomic E-state index is 14.7. The second kappa shape index (κ2) is 8.59. The molecule has 2 heterocycles. The summed E-state index contributed by atoms with van der Waals surface area (Å²) in [4.78, 5) is 6.16. The van der Waals surface area contributed by atoms with Crippen molar-refractivity contribution in [3.63, 3.8) is 0 Å². The summed E-state index contributed by atoms with van der Waals surface area (Å²) in [6.45, 7) is 1.81. The molecule has 33 heavy (non-hydrogen) atoms. The third-order valence-electron chi connectivity index (χ3n) is 6.15. The van der Waals surface area contributed by atoms with Crippen LogP contribution in [-0.4, -0.2) is 47.5 Å². The second-order valence-corrected chi connectivity index (χ2v) is 9.23. The molecule has 1 aromatic heterocycles. The highest BCUT2D eigenvalue weighted by molar-refractivity contribution is 7.18. The van der Waals surface area contributed by atoms with E-state index in [1.165, 1.54) is 0 Å². The van der Waals surface area contributed by atoms with Gasteiger partial charge < -0.3 is 14.7 Å². The van der Waals surface area contributed by atoms with Crippen LogP contribution in [0.2, 0.25) is 0 Å². The van der Waals surface area contributed by atoms with Gasteiger partial charge >= 0.3 is 6.18 Å². The maximum Gasteiger partial charge on any atom is 0.427 e. The number of thiazole rings is 1. The average Bonchev–Trinajstić information content (AvgIpc) is 3.44. The average molecular weight is 473 g/mol. The van der Waals surface area contributed by atoms with E-state index in [9.17, 15) is 18.3 Å². The molecule has 8 heteroatoms. The number of fused-ring (bicyclic) bond motifs is 1. The first-order valence-corrected chi connectivity index (χ1v) is 11.7. The first kappa shape index (κ1) is 22.1. The summed E-state index contributed by atoms with van der Waals surface area (Å²) < 4.78 is 50.1. The van der Waals surface area contributed by atoms with E-state index >= 15 is 0 Å². The topological polar surface area (TPSA) is 45.6 Å². The van der Waals surface area contributed by atoms with Crippen molar-refractivity contribution in [2.24, 2.45) is 0 Å². The van der Waals surface area contributed by atoms with Gasteiger partial charge in [-0.05, 0) is 42.2 Å². The molecule has 2 aromatic carbocycles. The summed E-state index contributed by atoms with van der Waals surface area (Å²) in [5, 5.41) is 11.1. The fraction of sp³-hybridized carbons (Fsp3) is 0.320. The SMILES string of the molecule is OC(C1=C(N2CCOCC2)C(=Cc2ccccc2)CC1)(c1nc2ccccc2s1)C(F)(F)F. The van der Waals surface area contributed by atoms with E-state index in [0.29, 0.717) is 48.6 Å². The van der Waals surface area contributed by atoms with E-state index in [2.05, 4.69) is 4.98 Å². The highest BCUT2D eigenvalue weighted by Crippen LogP contribution is 2.53. The summed E-state index contributed by atoms with van der Waals surface area (Å²) in [6.07, 6.45) is -2.47. The molecule has 0 amide bonds. The highest BCUT2D eigenvalue weighted by Gasteiger charge is 2.61. The number of para-hydroxylation sites is 1. The molecule has 172 valence electrons. The molecule has 1 aliphatic heterocycles. The molecule has 1 unspecified atom stereocenters. The Kier molecular flexibility index (Phi) is 5.76. The summed E-state index contributed by atoms with van der Waals surface area (Å²) in [6, 6.07) is 16.4. The lowest BCUT2D eigenvalue weighted by Crippen LogP contribution is -2.46. The molecular formula is C25H23F3N2O2S. The summed E-state index contributed by atoms with van der Waals surface area (Å²) >= 11 is 0.894. The molecule has 1 aliphatic carbocycles. The van der Waals surface area contributed by atoms with Crippen molar-refractivity contribution < 1.29 is 23.0 Å². The van der Waals surface area contributed by atoms with E-state index in [1.807, 2.05) is 41.3 Å². The first-order valence-electron chi connectivity index (χ1n) is 10.9. The van der Waals surface area contributed by atoms with Crippen LogP contribution in [0.25, 0.3) is 16.3 Å². The number of hydrogen-bond acceptors (Lipinski definition) is 5. The number of aliphatic hydroxyl groups is 1. The van der Waals surface area contributed by atoms with Gasteiger partial charge in [-0.2, -0.15) is 13.2 Å². The monoisotopic (exact) mass is 472 g/mol. The quantitative estimate of drug-likeness (QED) is 0.544. The molecule has 3 aromatic rings. The van der Waals surface area contributed by atoms with Gasteiger partial charge in [-0.25, -0.2) is 4.98 Å². The van der Waals surface area contributed by atoms with E-state index in [1.54, 1.807) is 24.3 Å². The van der Waals surface area contributed by atoms with Gasteiger partial charge in [0, 0.05) is 24.4 Å². The molecule has 0 saturated carbocycles. The zero-order valence-corrected chi connectivity index (χ0v) is 18.6. The zero-order valence-electron chi connectivity index (χ0n) is 17.8. The molecule has 0 bridgehead atoms. The second-order valence-electron chi connectivity index (χ2n) is 8.20. The smallest absolute Gasteiger partial charge is 0.378 e. The van der Waals surface area contributed by atoms with Gasteiger partial charge in [0.1, 0.15) is 5.01 Å². The molecular weight excluding hydrogens is 449 g/mol. The van der Waals surface area contributed by atoms with Crippen LogP contribution in [0.5, 0.6) is 0 Å². The van der Waals surface area contributed by atoms with Gasteiger partial charge in [0.05, 0.1) is 23.4 Å². The number of benzene rings is 2. The predicted octanol–water partition coefficient (Wildman–Crippen LogP) is 5.51. The maximum atomic E-state index is 14.7. The molecule has 4 nitrogen and oxygen atoms in total. The molecule has 1 atom stereocenters. The third kappa shape index (κ3) is 3.96. The number of aromatic nitrogens is 1. The number of alkyl halides is 3. The van der Waals surface area contributed by atoms with Crippen LogP contribution in [0.15, 0.2) is 71.4 Å². The fourth-order valence-electron chi connectivity index (χ4n) is 4.56. The Hall–Kier alpha value is -2.68. The minimum Gasteiger partial charge on any atom is -0.378 e. The van der Waals surface area contributed by atoms with Crippen molar-refractivity contribution in [1.82, 2.24) is 9.88 Å². The summed E-state index contributed by atoms with van der Waals surface area (Å²) in [7, 11) is 0. The van der Waals surface area contributed by atoms with E-state index in [-0.39, 0.29) is 17.0 Å². The van der Waals surface area contributed by atoms with Gasteiger partial charge in [0.25, 0.3) is 0 Å². The van der Waals surface area contributed by atoms with Crippen LogP contribution in [0.1, 0.15) is 23.4 Å². The van der Waals surface area contributed by atoms with Crippen LogP contribution in [0.4, 0.5) is 13.2 Å². The van der Waals surface area contributed by atoms with Crippen LogP contribution in [-0.2, 0) is 10.3 Å². The van der Waals surface area contributed by atoms with Crippen molar-refractivity contribution in [2.45, 2.75) is 24.6 Å². The third-order valence-corrected chi connectivity index (χ3v) is 7.30. The molecule has 0 spiro atoms. The number of halogens is 3. The molecule has 1 saturated heterocycles. The Morgan fingerprint density at radius 3 is 2.36 bits per heavy atom. The summed E-state index contributed by atoms with van der Waals surface area (Å²) in [5.41, 5.74) is -0.556. The normalized spacial score (nSPS) is 20.6. The Balaban J connectivity index is 1.71. The lowest BCUT2D eigenvalue weighted by molar-refractivity contribution is -0.251. The van der Waals surface area contributed by atoms with Crippen molar-refractivity contribution in [3.05, 3.63) is 82.0 Å². The van der Waals surface area contributed by atoms with Crippen molar-refractivity contribution in [3.8, 4) is 0 Å². The number of hydrogen-bond donors (Lipinski definition) is 1. The molecule has 1 fully saturated rings. The van der Waals surface area contributed by atoms with Crippen molar-refractivity contribution in [1.29, 1.82) is 0 Å². The van der Waals surface area contributed by atoms with Crippen molar-refractivity contribution in [2.75, 3.05) is 26.3 Å². The van der Waals surface area contributed by atoms with Crippen LogP contribution >= 0.6 is 11.3 Å². The molecule has 1 N–H and O–H groups in total. The Bertz CT molecular complexity index is 1180. The Morgan fingerprint density at radius 2 is 1.67 bits per heavy atom. The number of nitrogens with zero attached hydrogens (tertiary/aromatic N) is 2. The van der Waals surface area contributed by atoms with E-state index in [0.717, 1.165) is 22.5 Å². The lowest BCUT2D eigenvalue weighted by Gasteiger charge is -2.36. The van der Waals surface area contributed by atoms with Gasteiger partial charge in [0.15, 0.2) is 0 Å². The number of allylic oxidation sites excluding steroid dienone is 1. The minimum absolute atomic E-state index is 0.0295. The number of rotatable bonds is 4. The zero-order chi connectivity index (χ0) is 23.1. The van der Waals surface area contributed by atoms with E-state index in [4.69, 9.17) is 4.74 Å². The minimum atomic E-state index is -4.92. The van der Waals surface area contributed by atoms with Gasteiger partial charge in [-0.15, -0.1) is 11.3 Å². The van der Waals surface area contributed by atoms with Crippen LogP contribution < -0.4 is 0 Å². The fourth-order valence-corrected chi connectivity index (χ4v) is 5.67. The van der Waals surface area contributed by atoms with Gasteiger partial charge in [0.2, 0.25) is 5.60 Å².